The zero-order valence-corrected chi connectivity index (χ0v) is 11.1. The van der Waals surface area contributed by atoms with Gasteiger partial charge in [-0.3, -0.25) is 0 Å². The van der Waals surface area contributed by atoms with E-state index in [1.54, 1.807) is 0 Å². The predicted molar refractivity (Wildman–Crippen MR) is 67.8 cm³/mol. The van der Waals surface area contributed by atoms with E-state index in [4.69, 9.17) is 0 Å². The number of aryl methyl sites for hydroxylation is 1. The molecule has 0 unspecified atom stereocenters. The average molecular weight is 258 g/mol. The molecule has 14 heavy (non-hydrogen) atoms. The van der Waals surface area contributed by atoms with Gasteiger partial charge in [-0.05, 0) is 44.1 Å². The number of benzene rings is 1. The highest BCUT2D eigenvalue weighted by Gasteiger charge is 1.93. The molecule has 0 atom stereocenters. The van der Waals surface area contributed by atoms with Crippen molar-refractivity contribution in [1.82, 2.24) is 5.32 Å². The zero-order chi connectivity index (χ0) is 11.0. The first-order chi connectivity index (χ1) is 6.63. The number of hydrogen-bond donors (Lipinski definition) is 1. The average Bonchev–Trinajstić information content (AvgIpc) is 2.16. The van der Waals surface area contributed by atoms with Gasteiger partial charge in [-0.25, -0.2) is 0 Å². The van der Waals surface area contributed by atoms with Crippen LogP contribution < -0.4 is 5.32 Å². The molecule has 0 radical (unpaired) electrons. The van der Waals surface area contributed by atoms with E-state index < -0.39 is 0 Å². The first kappa shape index (κ1) is 13.7. The van der Waals surface area contributed by atoms with Crippen molar-refractivity contribution in [2.75, 3.05) is 13.1 Å². The third-order valence-electron chi connectivity index (χ3n) is 2.04. The summed E-state index contributed by atoms with van der Waals surface area (Å²) in [7, 11) is 0. The van der Waals surface area contributed by atoms with E-state index in [0.29, 0.717) is 0 Å². The van der Waals surface area contributed by atoms with Gasteiger partial charge in [0, 0.05) is 4.47 Å². The number of nitrogens with one attached hydrogen (secondary N) is 1. The second-order valence-corrected chi connectivity index (χ2v) is 3.99. The highest BCUT2D eigenvalue weighted by atomic mass is 79.9. The highest BCUT2D eigenvalue weighted by molar-refractivity contribution is 9.10. The fourth-order valence-electron chi connectivity index (χ4n) is 0.965. The van der Waals surface area contributed by atoms with Crippen LogP contribution >= 0.6 is 15.9 Å². The first-order valence-electron chi connectivity index (χ1n) is 5.05. The summed E-state index contributed by atoms with van der Waals surface area (Å²) >= 11 is 3.45. The van der Waals surface area contributed by atoms with Crippen LogP contribution in [0.1, 0.15) is 25.0 Å². The van der Waals surface area contributed by atoms with Gasteiger partial charge in [0.1, 0.15) is 0 Å². The van der Waals surface area contributed by atoms with Crippen molar-refractivity contribution in [2.24, 2.45) is 0 Å². The standard InChI is InChI=1S/C8H9Br.C4H11N/c1-6-4-3-5-8(9)7(6)2;1-3-5-4-2/h3-5H,1-2H3;5H,3-4H2,1-2H3. The van der Waals surface area contributed by atoms with E-state index in [0.717, 1.165) is 13.1 Å². The Kier molecular flexibility index (Phi) is 7.81. The van der Waals surface area contributed by atoms with Crippen LogP contribution in [0.3, 0.4) is 0 Å². The predicted octanol–water partition coefficient (Wildman–Crippen LogP) is 3.68. The fourth-order valence-corrected chi connectivity index (χ4v) is 1.43. The fraction of sp³-hybridized carbons (Fsp3) is 0.500. The van der Waals surface area contributed by atoms with E-state index in [2.05, 4.69) is 61.1 Å². The topological polar surface area (TPSA) is 12.0 Å². The molecule has 2 heteroatoms. The Hall–Kier alpha value is -0.340. The molecule has 1 aromatic rings. The molecule has 1 rings (SSSR count). The van der Waals surface area contributed by atoms with Gasteiger partial charge in [-0.2, -0.15) is 0 Å². The molecule has 1 aromatic carbocycles. The maximum atomic E-state index is 3.45. The molecule has 0 amide bonds. The summed E-state index contributed by atoms with van der Waals surface area (Å²) in [5.74, 6) is 0. The highest BCUT2D eigenvalue weighted by Crippen LogP contribution is 2.17. The second-order valence-electron chi connectivity index (χ2n) is 3.14. The Bertz CT molecular complexity index is 236. The Labute approximate surface area is 96.0 Å². The molecule has 0 aliphatic rings. The van der Waals surface area contributed by atoms with Crippen LogP contribution in [0, 0.1) is 13.8 Å². The van der Waals surface area contributed by atoms with Gasteiger partial charge < -0.3 is 5.32 Å². The van der Waals surface area contributed by atoms with Crippen molar-refractivity contribution < 1.29 is 0 Å². The minimum absolute atomic E-state index is 1.09. The van der Waals surface area contributed by atoms with Crippen molar-refractivity contribution >= 4 is 15.9 Å². The van der Waals surface area contributed by atoms with Gasteiger partial charge in [-0.15, -0.1) is 0 Å². The van der Waals surface area contributed by atoms with Crippen LogP contribution in [0.15, 0.2) is 22.7 Å². The Balaban J connectivity index is 0.000000292. The Morgan fingerprint density at radius 2 is 1.71 bits per heavy atom. The summed E-state index contributed by atoms with van der Waals surface area (Å²) in [6.07, 6.45) is 0. The monoisotopic (exact) mass is 257 g/mol. The minimum Gasteiger partial charge on any atom is -0.317 e. The molecule has 1 nitrogen and oxygen atoms in total. The zero-order valence-electron chi connectivity index (χ0n) is 9.52. The van der Waals surface area contributed by atoms with Crippen LogP contribution in [0.2, 0.25) is 0 Å². The van der Waals surface area contributed by atoms with Gasteiger partial charge in [0.15, 0.2) is 0 Å². The minimum atomic E-state index is 1.09. The molecule has 0 saturated carbocycles. The molecular formula is C12H20BrN. The van der Waals surface area contributed by atoms with E-state index in [1.807, 2.05) is 6.07 Å². The second kappa shape index (κ2) is 8.01. The van der Waals surface area contributed by atoms with Gasteiger partial charge >= 0.3 is 0 Å². The van der Waals surface area contributed by atoms with Gasteiger partial charge in [-0.1, -0.05) is 41.9 Å². The molecule has 1 N–H and O–H groups in total. The van der Waals surface area contributed by atoms with Crippen molar-refractivity contribution in [1.29, 1.82) is 0 Å². The lowest BCUT2D eigenvalue weighted by Crippen LogP contribution is -2.09. The van der Waals surface area contributed by atoms with Gasteiger partial charge in [0.25, 0.3) is 0 Å². The largest absolute Gasteiger partial charge is 0.317 e. The van der Waals surface area contributed by atoms with E-state index in [9.17, 15) is 0 Å². The molecule has 0 heterocycles. The number of rotatable bonds is 2. The summed E-state index contributed by atoms with van der Waals surface area (Å²) in [6, 6.07) is 6.22. The summed E-state index contributed by atoms with van der Waals surface area (Å²) < 4.78 is 1.20. The third-order valence-corrected chi connectivity index (χ3v) is 2.90. The molecule has 0 saturated heterocycles. The molecule has 0 aromatic heterocycles. The molecular weight excluding hydrogens is 238 g/mol. The van der Waals surface area contributed by atoms with Crippen molar-refractivity contribution in [2.45, 2.75) is 27.7 Å². The Morgan fingerprint density at radius 3 is 2.00 bits per heavy atom. The van der Waals surface area contributed by atoms with E-state index >= 15 is 0 Å². The quantitative estimate of drug-likeness (QED) is 0.853. The van der Waals surface area contributed by atoms with Crippen LogP contribution in [0.4, 0.5) is 0 Å². The molecule has 0 aliphatic heterocycles. The number of halogens is 1. The normalized spacial score (nSPS) is 9.21. The third kappa shape index (κ3) is 5.40. The summed E-state index contributed by atoms with van der Waals surface area (Å²) in [5, 5.41) is 3.11. The molecule has 0 bridgehead atoms. The summed E-state index contributed by atoms with van der Waals surface area (Å²) in [4.78, 5) is 0. The molecule has 0 spiro atoms. The van der Waals surface area contributed by atoms with Crippen molar-refractivity contribution in [3.63, 3.8) is 0 Å². The van der Waals surface area contributed by atoms with Crippen LogP contribution in [0.5, 0.6) is 0 Å². The number of hydrogen-bond acceptors (Lipinski definition) is 1. The molecule has 80 valence electrons. The van der Waals surface area contributed by atoms with Crippen LogP contribution in [0.25, 0.3) is 0 Å². The van der Waals surface area contributed by atoms with Gasteiger partial charge in [0.2, 0.25) is 0 Å². The molecule has 0 fully saturated rings. The van der Waals surface area contributed by atoms with Crippen LogP contribution in [-0.2, 0) is 0 Å². The van der Waals surface area contributed by atoms with Crippen molar-refractivity contribution in [3.05, 3.63) is 33.8 Å². The SMILES string of the molecule is CCNCC.Cc1cccc(Br)c1C. The lowest BCUT2D eigenvalue weighted by molar-refractivity contribution is 0.762. The van der Waals surface area contributed by atoms with Crippen molar-refractivity contribution in [3.8, 4) is 0 Å². The Morgan fingerprint density at radius 1 is 1.14 bits per heavy atom. The molecule has 0 aliphatic carbocycles. The summed E-state index contributed by atoms with van der Waals surface area (Å²) in [5.41, 5.74) is 2.67. The van der Waals surface area contributed by atoms with E-state index in [1.165, 1.54) is 15.6 Å². The van der Waals surface area contributed by atoms with E-state index in [-0.39, 0.29) is 0 Å². The lowest BCUT2D eigenvalue weighted by Gasteiger charge is -1.99. The maximum absolute atomic E-state index is 3.45. The summed E-state index contributed by atoms with van der Waals surface area (Å²) in [6.45, 7) is 10.6. The van der Waals surface area contributed by atoms with Gasteiger partial charge in [0.05, 0.1) is 0 Å². The van der Waals surface area contributed by atoms with Crippen LogP contribution in [-0.4, -0.2) is 13.1 Å². The first-order valence-corrected chi connectivity index (χ1v) is 5.85. The smallest absolute Gasteiger partial charge is 0.0207 e. The lowest BCUT2D eigenvalue weighted by atomic mass is 10.1. The maximum Gasteiger partial charge on any atom is 0.0207 e.